The molecule has 9 heteroatoms. The summed E-state index contributed by atoms with van der Waals surface area (Å²) in [6.45, 7) is 3.49. The molecule has 0 spiro atoms. The van der Waals surface area contributed by atoms with E-state index in [0.29, 0.717) is 18.1 Å². The lowest BCUT2D eigenvalue weighted by atomic mass is 9.96. The highest BCUT2D eigenvalue weighted by atomic mass is 32.2. The van der Waals surface area contributed by atoms with Crippen LogP contribution < -0.4 is 10.1 Å². The fourth-order valence-corrected chi connectivity index (χ4v) is 7.47. The Balaban J connectivity index is 1.20. The number of aliphatic hydroxyl groups excluding tert-OH is 1. The molecule has 3 aromatic carbocycles. The van der Waals surface area contributed by atoms with Gasteiger partial charge >= 0.3 is 0 Å². The van der Waals surface area contributed by atoms with E-state index >= 15 is 0 Å². The highest BCUT2D eigenvalue weighted by Gasteiger charge is 2.22. The molecule has 228 valence electrons. The third-order valence-electron chi connectivity index (χ3n) is 7.85. The summed E-state index contributed by atoms with van der Waals surface area (Å²) in [7, 11) is 0. The average molecular weight is 634 g/mol. The van der Waals surface area contributed by atoms with Crippen molar-refractivity contribution in [2.45, 2.75) is 29.6 Å². The first-order valence-electron chi connectivity index (χ1n) is 15.1. The second kappa shape index (κ2) is 14.7. The number of piperidine rings is 1. The van der Waals surface area contributed by atoms with Crippen LogP contribution in [0.1, 0.15) is 24.8 Å². The number of hydrogen-bond acceptors (Lipinski definition) is 9. The number of anilines is 2. The molecular formula is C36H35N5O2S2. The Hall–Kier alpha value is -4.20. The summed E-state index contributed by atoms with van der Waals surface area (Å²) in [6.07, 6.45) is 6.24. The predicted octanol–water partition coefficient (Wildman–Crippen LogP) is 8.10. The van der Waals surface area contributed by atoms with Crippen LogP contribution in [-0.2, 0) is 0 Å². The van der Waals surface area contributed by atoms with E-state index in [2.05, 4.69) is 51.6 Å². The molecule has 0 amide bonds. The van der Waals surface area contributed by atoms with Crippen molar-refractivity contribution < 1.29 is 9.84 Å². The van der Waals surface area contributed by atoms with E-state index in [4.69, 9.17) is 9.72 Å². The second-order valence-electron chi connectivity index (χ2n) is 10.9. The number of benzene rings is 3. The van der Waals surface area contributed by atoms with E-state index < -0.39 is 0 Å². The Morgan fingerprint density at radius 2 is 1.78 bits per heavy atom. The van der Waals surface area contributed by atoms with E-state index in [1.54, 1.807) is 29.3 Å². The van der Waals surface area contributed by atoms with Gasteiger partial charge in [-0.3, -0.25) is 0 Å². The van der Waals surface area contributed by atoms with Crippen LogP contribution in [0.3, 0.4) is 0 Å². The minimum absolute atomic E-state index is 0.149. The Morgan fingerprint density at radius 1 is 1.00 bits per heavy atom. The molecule has 3 heterocycles. The number of nitriles is 1. The molecule has 45 heavy (non-hydrogen) atoms. The number of nitrogens with zero attached hydrogens (tertiary/aromatic N) is 4. The van der Waals surface area contributed by atoms with Crippen molar-refractivity contribution in [3.63, 3.8) is 0 Å². The van der Waals surface area contributed by atoms with Crippen molar-refractivity contribution in [3.05, 3.63) is 96.7 Å². The molecule has 1 fully saturated rings. The van der Waals surface area contributed by atoms with E-state index in [1.165, 1.54) is 0 Å². The van der Waals surface area contributed by atoms with E-state index in [9.17, 15) is 10.4 Å². The first-order chi connectivity index (χ1) is 22.1. The summed E-state index contributed by atoms with van der Waals surface area (Å²) in [5, 5.41) is 23.3. The largest absolute Gasteiger partial charge is 0.493 e. The highest BCUT2D eigenvalue weighted by Crippen LogP contribution is 2.46. The fraction of sp³-hybridized carbons (Fsp3) is 0.250. The summed E-state index contributed by atoms with van der Waals surface area (Å²) < 4.78 is 7.01. The molecule has 1 aliphatic heterocycles. The van der Waals surface area contributed by atoms with Crippen molar-refractivity contribution in [1.29, 1.82) is 5.26 Å². The van der Waals surface area contributed by atoms with Crippen LogP contribution in [0.2, 0.25) is 0 Å². The SMILES string of the molecule is CSc1sc(-c2ccnc(Nc3cccc(OCCCN4CCC(O)CC4)c3)n2)c(-c2cccc(-c3ccccc3)c2)c1C#N. The number of aromatic nitrogens is 2. The lowest BCUT2D eigenvalue weighted by molar-refractivity contribution is 0.0800. The van der Waals surface area contributed by atoms with Gasteiger partial charge in [0.25, 0.3) is 0 Å². The number of hydrogen-bond donors (Lipinski definition) is 2. The van der Waals surface area contributed by atoms with Crippen LogP contribution >= 0.6 is 23.1 Å². The first-order valence-corrected chi connectivity index (χ1v) is 17.2. The minimum atomic E-state index is -0.149. The Labute approximate surface area is 272 Å². The van der Waals surface area contributed by atoms with Gasteiger partial charge in [-0.15, -0.1) is 23.1 Å². The summed E-state index contributed by atoms with van der Waals surface area (Å²) in [6, 6.07) is 30.8. The predicted molar refractivity (Wildman–Crippen MR) is 184 cm³/mol. The molecular weight excluding hydrogens is 599 g/mol. The topological polar surface area (TPSA) is 94.3 Å². The van der Waals surface area contributed by atoms with Crippen molar-refractivity contribution in [3.8, 4) is 44.6 Å². The Kier molecular flexibility index (Phi) is 10.1. The molecule has 0 atom stereocenters. The van der Waals surface area contributed by atoms with Gasteiger partial charge in [0.05, 0.1) is 33.1 Å². The molecule has 0 unspecified atom stereocenters. The van der Waals surface area contributed by atoms with Gasteiger partial charge < -0.3 is 20.1 Å². The maximum absolute atomic E-state index is 10.2. The number of ether oxygens (including phenoxy) is 1. The molecule has 0 radical (unpaired) electrons. The minimum Gasteiger partial charge on any atom is -0.493 e. The summed E-state index contributed by atoms with van der Waals surface area (Å²) in [5.74, 6) is 1.26. The summed E-state index contributed by atoms with van der Waals surface area (Å²) in [5.41, 5.74) is 6.36. The van der Waals surface area contributed by atoms with Gasteiger partial charge in [-0.2, -0.15) is 5.26 Å². The maximum atomic E-state index is 10.2. The average Bonchev–Trinajstić information content (AvgIpc) is 3.47. The fourth-order valence-electron chi connectivity index (χ4n) is 5.56. The van der Waals surface area contributed by atoms with Crippen molar-refractivity contribution in [2.24, 2.45) is 0 Å². The molecule has 1 aliphatic rings. The summed E-state index contributed by atoms with van der Waals surface area (Å²) in [4.78, 5) is 12.7. The highest BCUT2D eigenvalue weighted by molar-refractivity contribution is 8.00. The molecule has 0 bridgehead atoms. The van der Waals surface area contributed by atoms with Gasteiger partial charge in [0.1, 0.15) is 11.8 Å². The van der Waals surface area contributed by atoms with E-state index in [-0.39, 0.29) is 6.10 Å². The molecule has 0 aliphatic carbocycles. The lowest BCUT2D eigenvalue weighted by Crippen LogP contribution is -2.36. The van der Waals surface area contributed by atoms with Crippen LogP contribution in [0.4, 0.5) is 11.6 Å². The molecule has 2 N–H and O–H groups in total. The zero-order valence-corrected chi connectivity index (χ0v) is 26.8. The van der Waals surface area contributed by atoms with Gasteiger partial charge in [0.15, 0.2) is 0 Å². The first kappa shape index (κ1) is 30.8. The van der Waals surface area contributed by atoms with Crippen molar-refractivity contribution >= 4 is 34.7 Å². The van der Waals surface area contributed by atoms with Crippen LogP contribution in [0.25, 0.3) is 32.8 Å². The zero-order chi connectivity index (χ0) is 31.0. The molecule has 2 aromatic heterocycles. The van der Waals surface area contributed by atoms with Crippen LogP contribution in [0, 0.1) is 11.3 Å². The number of nitrogens with one attached hydrogen (secondary N) is 1. The standard InChI is InChI=1S/C36H35N5O2S2/c1-44-35-31(24-37)33(27-11-5-10-26(22-27)25-8-3-2-4-9-25)34(45-35)32-14-17-38-36(40-32)39-28-12-6-13-30(23-28)43-21-7-18-41-19-15-29(42)16-20-41/h2-6,8-14,17,22-23,29,42H,7,15-16,18-21H2,1H3,(H,38,39,40). The lowest BCUT2D eigenvalue weighted by Gasteiger charge is -2.29. The summed E-state index contributed by atoms with van der Waals surface area (Å²) >= 11 is 3.17. The van der Waals surface area contributed by atoms with Crippen molar-refractivity contribution in [2.75, 3.05) is 37.8 Å². The van der Waals surface area contributed by atoms with Gasteiger partial charge in [0.2, 0.25) is 5.95 Å². The number of likely N-dealkylation sites (tertiary alicyclic amines) is 1. The van der Waals surface area contributed by atoms with Crippen molar-refractivity contribution in [1.82, 2.24) is 14.9 Å². The molecule has 7 nitrogen and oxygen atoms in total. The van der Waals surface area contributed by atoms with Crippen LogP contribution in [0.5, 0.6) is 5.75 Å². The Morgan fingerprint density at radius 3 is 2.58 bits per heavy atom. The van der Waals surface area contributed by atoms with E-state index in [0.717, 1.165) is 87.4 Å². The monoisotopic (exact) mass is 633 g/mol. The molecule has 6 rings (SSSR count). The molecule has 5 aromatic rings. The van der Waals surface area contributed by atoms with E-state index in [1.807, 2.05) is 60.9 Å². The number of thioether (sulfide) groups is 1. The molecule has 1 saturated heterocycles. The molecule has 0 saturated carbocycles. The normalized spacial score (nSPS) is 13.8. The zero-order valence-electron chi connectivity index (χ0n) is 25.1. The number of thiophene rings is 1. The number of rotatable bonds is 11. The van der Waals surface area contributed by atoms with Crippen LogP contribution in [0.15, 0.2) is 95.3 Å². The quantitative estimate of drug-likeness (QED) is 0.111. The third kappa shape index (κ3) is 7.55. The smallest absolute Gasteiger partial charge is 0.227 e. The number of aliphatic hydroxyl groups is 1. The van der Waals surface area contributed by atoms with Crippen LogP contribution in [-0.4, -0.2) is 58.6 Å². The van der Waals surface area contributed by atoms with Gasteiger partial charge in [-0.05, 0) is 66.5 Å². The third-order valence-corrected chi connectivity index (χ3v) is 10.2. The Bertz CT molecular complexity index is 1780. The van der Waals surface area contributed by atoms with Gasteiger partial charge in [0, 0.05) is 43.1 Å². The maximum Gasteiger partial charge on any atom is 0.227 e. The van der Waals surface area contributed by atoms with Gasteiger partial charge in [-0.25, -0.2) is 9.97 Å². The second-order valence-corrected chi connectivity index (χ2v) is 13.0. The van der Waals surface area contributed by atoms with Gasteiger partial charge in [-0.1, -0.05) is 54.6 Å².